The fourth-order valence-electron chi connectivity index (χ4n) is 2.14. The van der Waals surface area contributed by atoms with Crippen molar-refractivity contribution in [2.45, 2.75) is 19.4 Å². The number of nitro benzene ring substituents is 1. The van der Waals surface area contributed by atoms with Crippen molar-refractivity contribution in [3.8, 4) is 0 Å². The van der Waals surface area contributed by atoms with Crippen LogP contribution in [-0.4, -0.2) is 10.8 Å². The second-order valence-corrected chi connectivity index (χ2v) is 5.06. The first-order valence-electron chi connectivity index (χ1n) is 6.84. The van der Waals surface area contributed by atoms with Gasteiger partial charge in [0.15, 0.2) is 0 Å². The Morgan fingerprint density at radius 3 is 2.43 bits per heavy atom. The molecule has 7 heteroatoms. The molecule has 0 spiro atoms. The van der Waals surface area contributed by atoms with Crippen molar-refractivity contribution in [3.05, 3.63) is 75.3 Å². The molecule has 5 nitrogen and oxygen atoms in total. The number of hydrogen-bond donors (Lipinski definition) is 1. The van der Waals surface area contributed by atoms with Gasteiger partial charge in [-0.3, -0.25) is 14.9 Å². The van der Waals surface area contributed by atoms with E-state index < -0.39 is 22.6 Å². The minimum absolute atomic E-state index is 0.00511. The zero-order chi connectivity index (χ0) is 17.0. The van der Waals surface area contributed by atoms with Crippen LogP contribution in [0.5, 0.6) is 0 Å². The van der Waals surface area contributed by atoms with Crippen LogP contribution in [0, 0.1) is 21.7 Å². The molecule has 120 valence electrons. The molecule has 0 unspecified atom stereocenters. The standard InChI is InChI=1S/C16H14F2N2O3/c1-10(14-7-4-12(17)9-15(14)18)19-16(21)8-11-2-5-13(6-3-11)20(22)23/h2-7,9-10H,8H2,1H3,(H,19,21)/t10-/m0/s1. The van der Waals surface area contributed by atoms with Crippen LogP contribution in [0.15, 0.2) is 42.5 Å². The number of nitro groups is 1. The smallest absolute Gasteiger partial charge is 0.269 e. The predicted octanol–water partition coefficient (Wildman–Crippen LogP) is 3.29. The monoisotopic (exact) mass is 320 g/mol. The average molecular weight is 320 g/mol. The minimum Gasteiger partial charge on any atom is -0.349 e. The van der Waals surface area contributed by atoms with Gasteiger partial charge in [0.1, 0.15) is 11.6 Å². The van der Waals surface area contributed by atoms with Crippen molar-refractivity contribution < 1.29 is 18.5 Å². The Kier molecular flexibility index (Phi) is 5.00. The number of non-ortho nitro benzene ring substituents is 1. The lowest BCUT2D eigenvalue weighted by molar-refractivity contribution is -0.384. The number of hydrogen-bond acceptors (Lipinski definition) is 3. The first-order valence-corrected chi connectivity index (χ1v) is 6.84. The normalized spacial score (nSPS) is 11.8. The van der Waals surface area contributed by atoms with Crippen LogP contribution in [0.25, 0.3) is 0 Å². The Balaban J connectivity index is 1.99. The third-order valence-electron chi connectivity index (χ3n) is 3.32. The molecule has 2 aromatic rings. The Hall–Kier alpha value is -2.83. The van der Waals surface area contributed by atoms with Crippen molar-refractivity contribution in [1.82, 2.24) is 5.32 Å². The maximum atomic E-state index is 13.6. The maximum absolute atomic E-state index is 13.6. The third kappa shape index (κ3) is 4.32. The Morgan fingerprint density at radius 2 is 1.87 bits per heavy atom. The highest BCUT2D eigenvalue weighted by molar-refractivity contribution is 5.79. The summed E-state index contributed by atoms with van der Waals surface area (Å²) in [5, 5.41) is 13.2. The topological polar surface area (TPSA) is 72.2 Å². The summed E-state index contributed by atoms with van der Waals surface area (Å²) in [6.45, 7) is 1.59. The lowest BCUT2D eigenvalue weighted by atomic mass is 10.1. The van der Waals surface area contributed by atoms with Crippen molar-refractivity contribution >= 4 is 11.6 Å². The Bertz CT molecular complexity index is 733. The first kappa shape index (κ1) is 16.5. The van der Waals surface area contributed by atoms with E-state index in [0.29, 0.717) is 5.56 Å². The fourth-order valence-corrected chi connectivity index (χ4v) is 2.14. The van der Waals surface area contributed by atoms with Crippen molar-refractivity contribution in [2.75, 3.05) is 0 Å². The number of amides is 1. The van der Waals surface area contributed by atoms with Gasteiger partial charge in [-0.25, -0.2) is 8.78 Å². The van der Waals surface area contributed by atoms with E-state index in [1.54, 1.807) is 6.92 Å². The van der Waals surface area contributed by atoms with Gasteiger partial charge in [0.2, 0.25) is 5.91 Å². The number of rotatable bonds is 5. The van der Waals surface area contributed by atoms with Gasteiger partial charge in [-0.1, -0.05) is 18.2 Å². The summed E-state index contributed by atoms with van der Waals surface area (Å²) in [5.41, 5.74) is 0.722. The molecule has 2 aromatic carbocycles. The van der Waals surface area contributed by atoms with Crippen molar-refractivity contribution in [1.29, 1.82) is 0 Å². The molecule has 0 aliphatic heterocycles. The van der Waals surface area contributed by atoms with E-state index in [-0.39, 0.29) is 23.6 Å². The van der Waals surface area contributed by atoms with E-state index in [1.165, 1.54) is 30.3 Å². The van der Waals surface area contributed by atoms with E-state index in [1.807, 2.05) is 0 Å². The molecular formula is C16H14F2N2O3. The number of benzene rings is 2. The van der Waals surface area contributed by atoms with Gasteiger partial charge in [-0.05, 0) is 18.6 Å². The largest absolute Gasteiger partial charge is 0.349 e. The van der Waals surface area contributed by atoms with Crippen LogP contribution in [0.3, 0.4) is 0 Å². The van der Waals surface area contributed by atoms with Gasteiger partial charge >= 0.3 is 0 Å². The summed E-state index contributed by atoms with van der Waals surface area (Å²) in [7, 11) is 0. The van der Waals surface area contributed by atoms with Gasteiger partial charge < -0.3 is 5.32 Å². The Labute approximate surface area is 131 Å². The average Bonchev–Trinajstić information content (AvgIpc) is 2.47. The molecule has 0 bridgehead atoms. The van der Waals surface area contributed by atoms with E-state index in [0.717, 1.165) is 12.1 Å². The zero-order valence-corrected chi connectivity index (χ0v) is 12.3. The molecule has 1 atom stereocenters. The molecule has 0 aliphatic carbocycles. The molecule has 0 heterocycles. The summed E-state index contributed by atoms with van der Waals surface area (Å²) in [6, 6.07) is 8.13. The highest BCUT2D eigenvalue weighted by Crippen LogP contribution is 2.18. The summed E-state index contributed by atoms with van der Waals surface area (Å²) < 4.78 is 26.5. The third-order valence-corrected chi connectivity index (χ3v) is 3.32. The maximum Gasteiger partial charge on any atom is 0.269 e. The summed E-state index contributed by atoms with van der Waals surface area (Å²) in [6.07, 6.45) is 0.00511. The molecule has 2 rings (SSSR count). The number of carbonyl (C=O) groups is 1. The van der Waals surface area contributed by atoms with Gasteiger partial charge in [0.05, 0.1) is 17.4 Å². The van der Waals surface area contributed by atoms with Gasteiger partial charge in [0, 0.05) is 23.8 Å². The minimum atomic E-state index is -0.729. The SMILES string of the molecule is C[C@H](NC(=O)Cc1ccc([N+](=O)[O-])cc1)c1ccc(F)cc1F. The molecule has 0 saturated heterocycles. The van der Waals surface area contributed by atoms with Crippen LogP contribution in [0.2, 0.25) is 0 Å². The molecule has 0 aliphatic rings. The van der Waals surface area contributed by atoms with E-state index in [9.17, 15) is 23.7 Å². The van der Waals surface area contributed by atoms with Crippen LogP contribution in [0.1, 0.15) is 24.1 Å². The molecule has 1 N–H and O–H groups in total. The van der Waals surface area contributed by atoms with E-state index in [4.69, 9.17) is 0 Å². The molecule has 0 aromatic heterocycles. The lowest BCUT2D eigenvalue weighted by Gasteiger charge is -2.15. The molecule has 1 amide bonds. The van der Waals surface area contributed by atoms with E-state index >= 15 is 0 Å². The molecule has 23 heavy (non-hydrogen) atoms. The molecule has 0 radical (unpaired) electrons. The fraction of sp³-hybridized carbons (Fsp3) is 0.188. The molecular weight excluding hydrogens is 306 g/mol. The highest BCUT2D eigenvalue weighted by atomic mass is 19.1. The summed E-state index contributed by atoms with van der Waals surface area (Å²) >= 11 is 0. The number of nitrogens with one attached hydrogen (secondary N) is 1. The van der Waals surface area contributed by atoms with Gasteiger partial charge in [-0.2, -0.15) is 0 Å². The lowest BCUT2D eigenvalue weighted by Crippen LogP contribution is -2.28. The zero-order valence-electron chi connectivity index (χ0n) is 12.3. The van der Waals surface area contributed by atoms with Crippen molar-refractivity contribution in [2.24, 2.45) is 0 Å². The van der Waals surface area contributed by atoms with Crippen LogP contribution in [-0.2, 0) is 11.2 Å². The van der Waals surface area contributed by atoms with Crippen molar-refractivity contribution in [3.63, 3.8) is 0 Å². The van der Waals surface area contributed by atoms with E-state index in [2.05, 4.69) is 5.32 Å². The first-order chi connectivity index (χ1) is 10.9. The summed E-state index contributed by atoms with van der Waals surface area (Å²) in [4.78, 5) is 22.0. The predicted molar refractivity (Wildman–Crippen MR) is 79.7 cm³/mol. The van der Waals surface area contributed by atoms with Crippen LogP contribution in [0.4, 0.5) is 14.5 Å². The Morgan fingerprint density at radius 1 is 1.22 bits per heavy atom. The van der Waals surface area contributed by atoms with Gasteiger partial charge in [0.25, 0.3) is 5.69 Å². The number of nitrogens with zero attached hydrogens (tertiary/aromatic N) is 1. The second kappa shape index (κ2) is 6.95. The van der Waals surface area contributed by atoms with Crippen LogP contribution >= 0.6 is 0 Å². The second-order valence-electron chi connectivity index (χ2n) is 5.06. The molecule has 0 fully saturated rings. The quantitative estimate of drug-likeness (QED) is 0.678. The van der Waals surface area contributed by atoms with Crippen LogP contribution < -0.4 is 5.32 Å². The summed E-state index contributed by atoms with van der Waals surface area (Å²) in [5.74, 6) is -1.78. The number of halogens is 2. The van der Waals surface area contributed by atoms with Gasteiger partial charge in [-0.15, -0.1) is 0 Å². The number of carbonyl (C=O) groups excluding carboxylic acids is 1. The molecule has 0 saturated carbocycles. The highest BCUT2D eigenvalue weighted by Gasteiger charge is 2.15.